The number of aliphatic hydroxyl groups excluding tert-OH is 1. The third-order valence-electron chi connectivity index (χ3n) is 2.27. The number of aliphatic hydroxyl groups is 1. The van der Waals surface area contributed by atoms with Crippen LogP contribution in [0.3, 0.4) is 0 Å². The largest absolute Gasteiger partial charge is 0.396 e. The minimum Gasteiger partial charge on any atom is -0.396 e. The molecule has 1 unspecified atom stereocenters. The molecule has 1 N–H and O–H groups in total. The van der Waals surface area contributed by atoms with Crippen molar-refractivity contribution in [2.75, 3.05) is 25.4 Å². The molecule has 1 rings (SSSR count). The molecule has 0 aromatic heterocycles. The average Bonchev–Trinajstić information content (AvgIpc) is 2.55. The first-order chi connectivity index (χ1) is 6.06. The van der Waals surface area contributed by atoms with Crippen molar-refractivity contribution in [2.24, 2.45) is 5.92 Å². The Hall–Kier alpha value is -0.130. The summed E-state index contributed by atoms with van der Waals surface area (Å²) in [4.78, 5) is 0. The van der Waals surface area contributed by atoms with Gasteiger partial charge in [-0.3, -0.25) is 0 Å². The molecule has 4 nitrogen and oxygen atoms in total. The minimum absolute atomic E-state index is 0.0624. The smallest absolute Gasteiger partial charge is 0.214 e. The second kappa shape index (κ2) is 4.39. The Morgan fingerprint density at radius 3 is 2.38 bits per heavy atom. The second-order valence-electron chi connectivity index (χ2n) is 3.67. The van der Waals surface area contributed by atoms with Gasteiger partial charge >= 0.3 is 0 Å². The molecule has 1 aliphatic rings. The van der Waals surface area contributed by atoms with Crippen molar-refractivity contribution in [3.63, 3.8) is 0 Å². The van der Waals surface area contributed by atoms with Crippen molar-refractivity contribution >= 4 is 10.0 Å². The van der Waals surface area contributed by atoms with Gasteiger partial charge in [-0.25, -0.2) is 12.7 Å². The van der Waals surface area contributed by atoms with Gasteiger partial charge in [-0.2, -0.15) is 0 Å². The van der Waals surface area contributed by atoms with Crippen LogP contribution in [-0.2, 0) is 10.0 Å². The molecule has 1 heterocycles. The van der Waals surface area contributed by atoms with Crippen molar-refractivity contribution in [3.8, 4) is 0 Å². The van der Waals surface area contributed by atoms with E-state index in [-0.39, 0.29) is 18.3 Å². The third-order valence-corrected chi connectivity index (χ3v) is 4.41. The minimum atomic E-state index is -3.10. The molecule has 0 aromatic rings. The number of hydrogen-bond donors (Lipinski definition) is 1. The summed E-state index contributed by atoms with van der Waals surface area (Å²) < 4.78 is 24.8. The molecule has 1 atom stereocenters. The van der Waals surface area contributed by atoms with Crippen molar-refractivity contribution in [1.82, 2.24) is 4.31 Å². The molecule has 0 bridgehead atoms. The van der Waals surface area contributed by atoms with Crippen LogP contribution in [0.25, 0.3) is 0 Å². The lowest BCUT2D eigenvalue weighted by Gasteiger charge is -2.17. The predicted octanol–water partition coefficient (Wildman–Crippen LogP) is 0.0404. The fourth-order valence-corrected chi connectivity index (χ4v) is 3.33. The summed E-state index contributed by atoms with van der Waals surface area (Å²) >= 11 is 0. The highest BCUT2D eigenvalue weighted by molar-refractivity contribution is 7.89. The zero-order valence-electron chi connectivity index (χ0n) is 7.94. The molecule has 5 heteroatoms. The molecule has 13 heavy (non-hydrogen) atoms. The lowest BCUT2D eigenvalue weighted by atomic mass is 10.2. The Morgan fingerprint density at radius 2 is 1.92 bits per heavy atom. The van der Waals surface area contributed by atoms with Gasteiger partial charge in [-0.05, 0) is 18.8 Å². The molecule has 0 aromatic carbocycles. The Balaban J connectivity index is 2.54. The van der Waals surface area contributed by atoms with E-state index in [1.54, 1.807) is 6.92 Å². The van der Waals surface area contributed by atoms with Gasteiger partial charge in [0, 0.05) is 19.7 Å². The topological polar surface area (TPSA) is 57.6 Å². The van der Waals surface area contributed by atoms with Crippen LogP contribution in [0.2, 0.25) is 0 Å². The highest BCUT2D eigenvalue weighted by Crippen LogP contribution is 2.14. The van der Waals surface area contributed by atoms with Crippen molar-refractivity contribution < 1.29 is 13.5 Å². The summed E-state index contributed by atoms with van der Waals surface area (Å²) in [5, 5.41) is 8.76. The Labute approximate surface area is 79.6 Å². The van der Waals surface area contributed by atoms with Crippen LogP contribution in [0.4, 0.5) is 0 Å². The SMILES string of the molecule is CC(CO)CS(=O)(=O)N1CCCC1. The fourth-order valence-electron chi connectivity index (χ4n) is 1.48. The maximum absolute atomic E-state index is 11.6. The van der Waals surface area contributed by atoms with E-state index in [0.717, 1.165) is 12.8 Å². The molecule has 0 aliphatic carbocycles. The molecular weight excluding hydrogens is 190 g/mol. The molecule has 1 fully saturated rings. The van der Waals surface area contributed by atoms with Crippen LogP contribution in [0.5, 0.6) is 0 Å². The highest BCUT2D eigenvalue weighted by Gasteiger charge is 2.26. The quantitative estimate of drug-likeness (QED) is 0.708. The predicted molar refractivity (Wildman–Crippen MR) is 50.8 cm³/mol. The van der Waals surface area contributed by atoms with E-state index >= 15 is 0 Å². The van der Waals surface area contributed by atoms with Gasteiger partial charge in [0.25, 0.3) is 0 Å². The molecule has 1 aliphatic heterocycles. The lowest BCUT2D eigenvalue weighted by Crippen LogP contribution is -2.33. The first kappa shape index (κ1) is 10.9. The van der Waals surface area contributed by atoms with Crippen LogP contribution in [0, 0.1) is 5.92 Å². The van der Waals surface area contributed by atoms with Crippen molar-refractivity contribution in [2.45, 2.75) is 19.8 Å². The van der Waals surface area contributed by atoms with Crippen LogP contribution in [0.15, 0.2) is 0 Å². The first-order valence-electron chi connectivity index (χ1n) is 4.65. The van der Waals surface area contributed by atoms with E-state index in [2.05, 4.69) is 0 Å². The first-order valence-corrected chi connectivity index (χ1v) is 6.26. The van der Waals surface area contributed by atoms with Gasteiger partial charge in [0.15, 0.2) is 0 Å². The van der Waals surface area contributed by atoms with Crippen LogP contribution in [-0.4, -0.2) is 43.3 Å². The summed E-state index contributed by atoms with van der Waals surface area (Å²) in [6.45, 7) is 2.99. The van der Waals surface area contributed by atoms with E-state index in [9.17, 15) is 8.42 Å². The normalized spacial score (nSPS) is 22.0. The van der Waals surface area contributed by atoms with E-state index in [4.69, 9.17) is 5.11 Å². The Bertz CT molecular complexity index is 244. The third kappa shape index (κ3) is 2.93. The van der Waals surface area contributed by atoms with Crippen LogP contribution in [0.1, 0.15) is 19.8 Å². The molecule has 0 spiro atoms. The van der Waals surface area contributed by atoms with Gasteiger partial charge in [0.1, 0.15) is 0 Å². The van der Waals surface area contributed by atoms with Gasteiger partial charge < -0.3 is 5.11 Å². The second-order valence-corrected chi connectivity index (χ2v) is 5.69. The fraction of sp³-hybridized carbons (Fsp3) is 1.00. The molecule has 1 saturated heterocycles. The number of rotatable bonds is 4. The number of hydrogen-bond acceptors (Lipinski definition) is 3. The molecule has 0 radical (unpaired) electrons. The summed E-state index contributed by atoms with van der Waals surface area (Å²) in [5.41, 5.74) is 0. The summed E-state index contributed by atoms with van der Waals surface area (Å²) in [6, 6.07) is 0. The lowest BCUT2D eigenvalue weighted by molar-refractivity contribution is 0.248. The van der Waals surface area contributed by atoms with Crippen LogP contribution < -0.4 is 0 Å². The van der Waals surface area contributed by atoms with Gasteiger partial charge in [0.05, 0.1) is 5.75 Å². The van der Waals surface area contributed by atoms with Crippen molar-refractivity contribution in [1.29, 1.82) is 0 Å². The van der Waals surface area contributed by atoms with Gasteiger partial charge in [-0.15, -0.1) is 0 Å². The summed E-state index contributed by atoms with van der Waals surface area (Å²) in [7, 11) is -3.10. The standard InChI is InChI=1S/C8H17NO3S/c1-8(6-10)7-13(11,12)9-4-2-3-5-9/h8,10H,2-7H2,1H3. The zero-order chi connectivity index (χ0) is 9.90. The Kier molecular flexibility index (Phi) is 3.70. The average molecular weight is 207 g/mol. The zero-order valence-corrected chi connectivity index (χ0v) is 8.76. The van der Waals surface area contributed by atoms with Crippen LogP contribution >= 0.6 is 0 Å². The van der Waals surface area contributed by atoms with Gasteiger partial charge in [0.2, 0.25) is 10.0 Å². The monoisotopic (exact) mass is 207 g/mol. The van der Waals surface area contributed by atoms with Crippen molar-refractivity contribution in [3.05, 3.63) is 0 Å². The maximum atomic E-state index is 11.6. The summed E-state index contributed by atoms with van der Waals surface area (Å²) in [6.07, 6.45) is 1.93. The molecule has 0 amide bonds. The van der Waals surface area contributed by atoms with E-state index in [1.807, 2.05) is 0 Å². The Morgan fingerprint density at radius 1 is 1.38 bits per heavy atom. The maximum Gasteiger partial charge on any atom is 0.214 e. The number of sulfonamides is 1. The molecule has 0 saturated carbocycles. The van der Waals surface area contributed by atoms with E-state index < -0.39 is 10.0 Å². The molecule has 78 valence electrons. The van der Waals surface area contributed by atoms with E-state index in [0.29, 0.717) is 13.1 Å². The van der Waals surface area contributed by atoms with Gasteiger partial charge in [-0.1, -0.05) is 6.92 Å². The molecular formula is C8H17NO3S. The number of nitrogens with zero attached hydrogens (tertiary/aromatic N) is 1. The van der Waals surface area contributed by atoms with E-state index in [1.165, 1.54) is 4.31 Å². The highest BCUT2D eigenvalue weighted by atomic mass is 32.2. The summed E-state index contributed by atoms with van der Waals surface area (Å²) in [5.74, 6) is -0.0886.